The summed E-state index contributed by atoms with van der Waals surface area (Å²) in [6.45, 7) is 2.19. The Bertz CT molecular complexity index is 622. The van der Waals surface area contributed by atoms with E-state index in [1.54, 1.807) is 18.2 Å². The fourth-order valence-electron chi connectivity index (χ4n) is 1.55. The van der Waals surface area contributed by atoms with E-state index in [9.17, 15) is 4.79 Å². The number of furan rings is 1. The van der Waals surface area contributed by atoms with Crippen LogP contribution in [0.1, 0.15) is 21.9 Å². The summed E-state index contributed by atoms with van der Waals surface area (Å²) in [6, 6.07) is 6.49. The molecule has 1 aromatic carbocycles. The van der Waals surface area contributed by atoms with E-state index < -0.39 is 5.97 Å². The van der Waals surface area contributed by atoms with Gasteiger partial charge in [0.1, 0.15) is 5.76 Å². The van der Waals surface area contributed by atoms with Crippen molar-refractivity contribution in [3.63, 3.8) is 0 Å². The Hall–Kier alpha value is -1.65. The van der Waals surface area contributed by atoms with Crippen LogP contribution in [0, 0.1) is 6.92 Å². The predicted octanol–water partition coefficient (Wildman–Crippen LogP) is 4.21. The number of hydrogen-bond donors (Lipinski definition) is 2. The van der Waals surface area contributed by atoms with E-state index in [0.717, 1.165) is 5.56 Å². The van der Waals surface area contributed by atoms with Crippen LogP contribution >= 0.6 is 23.2 Å². The van der Waals surface area contributed by atoms with Crippen LogP contribution in [0.25, 0.3) is 0 Å². The quantitative estimate of drug-likeness (QED) is 0.888. The van der Waals surface area contributed by atoms with Crippen molar-refractivity contribution in [1.82, 2.24) is 0 Å². The zero-order chi connectivity index (χ0) is 14.0. The first-order valence-electron chi connectivity index (χ1n) is 5.49. The lowest BCUT2D eigenvalue weighted by Gasteiger charge is -2.09. The number of carboxylic acid groups (broad SMARTS) is 1. The molecule has 0 unspecified atom stereocenters. The zero-order valence-corrected chi connectivity index (χ0v) is 11.5. The molecule has 0 saturated heterocycles. The van der Waals surface area contributed by atoms with Gasteiger partial charge >= 0.3 is 5.97 Å². The average Bonchev–Trinajstić information content (AvgIpc) is 2.81. The molecule has 0 saturated carbocycles. The fourth-order valence-corrected chi connectivity index (χ4v) is 2.00. The summed E-state index contributed by atoms with van der Waals surface area (Å²) < 4.78 is 5.12. The van der Waals surface area contributed by atoms with E-state index in [2.05, 4.69) is 5.32 Å². The molecule has 0 atom stereocenters. The monoisotopic (exact) mass is 299 g/mol. The van der Waals surface area contributed by atoms with E-state index in [0.29, 0.717) is 28.0 Å². The van der Waals surface area contributed by atoms with Crippen molar-refractivity contribution in [3.05, 3.63) is 51.4 Å². The number of anilines is 1. The molecule has 0 aliphatic rings. The van der Waals surface area contributed by atoms with Crippen molar-refractivity contribution in [2.75, 3.05) is 5.32 Å². The lowest BCUT2D eigenvalue weighted by Crippen LogP contribution is -1.99. The minimum Gasteiger partial charge on any atom is -0.475 e. The second-order valence-electron chi connectivity index (χ2n) is 4.01. The van der Waals surface area contributed by atoms with Gasteiger partial charge in [-0.2, -0.15) is 0 Å². The number of aryl methyl sites for hydroxylation is 1. The standard InChI is InChI=1S/C13H11Cl2NO3/c1-7-4-10(15)11(5-9(7)14)16-6-8-2-3-12(19-8)13(17)18/h2-5,16H,6H2,1H3,(H,17,18). The van der Waals surface area contributed by atoms with E-state index in [1.165, 1.54) is 6.07 Å². The maximum Gasteiger partial charge on any atom is 0.371 e. The number of carbonyl (C=O) groups is 1. The second kappa shape index (κ2) is 5.55. The van der Waals surface area contributed by atoms with Crippen LogP contribution in [0.2, 0.25) is 10.0 Å². The van der Waals surface area contributed by atoms with Gasteiger partial charge in [0.25, 0.3) is 0 Å². The van der Waals surface area contributed by atoms with Crippen LogP contribution in [-0.2, 0) is 6.54 Å². The molecule has 0 bridgehead atoms. The molecule has 0 radical (unpaired) electrons. The average molecular weight is 300 g/mol. The normalized spacial score (nSPS) is 10.5. The van der Waals surface area contributed by atoms with Gasteiger partial charge < -0.3 is 14.8 Å². The van der Waals surface area contributed by atoms with E-state index >= 15 is 0 Å². The molecule has 19 heavy (non-hydrogen) atoms. The number of rotatable bonds is 4. The Morgan fingerprint density at radius 3 is 2.68 bits per heavy atom. The topological polar surface area (TPSA) is 62.5 Å². The predicted molar refractivity (Wildman–Crippen MR) is 74.2 cm³/mol. The third-order valence-corrected chi connectivity index (χ3v) is 3.29. The summed E-state index contributed by atoms with van der Waals surface area (Å²) in [7, 11) is 0. The minimum absolute atomic E-state index is 0.0927. The van der Waals surface area contributed by atoms with Crippen LogP contribution < -0.4 is 5.32 Å². The Morgan fingerprint density at radius 1 is 1.32 bits per heavy atom. The number of carboxylic acids is 1. The van der Waals surface area contributed by atoms with Crippen molar-refractivity contribution in [2.24, 2.45) is 0 Å². The summed E-state index contributed by atoms with van der Waals surface area (Å²) in [4.78, 5) is 10.7. The smallest absolute Gasteiger partial charge is 0.371 e. The van der Waals surface area contributed by atoms with Gasteiger partial charge in [0.2, 0.25) is 5.76 Å². The van der Waals surface area contributed by atoms with Gasteiger partial charge in [-0.15, -0.1) is 0 Å². The number of benzene rings is 1. The molecule has 0 amide bonds. The van der Waals surface area contributed by atoms with Crippen LogP contribution in [-0.4, -0.2) is 11.1 Å². The second-order valence-corrected chi connectivity index (χ2v) is 4.82. The van der Waals surface area contributed by atoms with Gasteiger partial charge in [0.05, 0.1) is 17.3 Å². The van der Waals surface area contributed by atoms with Gasteiger partial charge in [0.15, 0.2) is 0 Å². The molecule has 4 nitrogen and oxygen atoms in total. The van der Waals surface area contributed by atoms with E-state index in [1.807, 2.05) is 6.92 Å². The first-order valence-corrected chi connectivity index (χ1v) is 6.24. The molecular formula is C13H11Cl2NO3. The summed E-state index contributed by atoms with van der Waals surface area (Å²) in [6.07, 6.45) is 0. The SMILES string of the molecule is Cc1cc(Cl)c(NCc2ccc(C(=O)O)o2)cc1Cl. The molecule has 2 N–H and O–H groups in total. The Balaban J connectivity index is 2.09. The van der Waals surface area contributed by atoms with Crippen molar-refractivity contribution in [1.29, 1.82) is 0 Å². The molecule has 100 valence electrons. The van der Waals surface area contributed by atoms with Crippen molar-refractivity contribution >= 4 is 34.9 Å². The van der Waals surface area contributed by atoms with Gasteiger partial charge in [-0.3, -0.25) is 0 Å². The van der Waals surface area contributed by atoms with Crippen LogP contribution in [0.5, 0.6) is 0 Å². The van der Waals surface area contributed by atoms with Crippen LogP contribution in [0.3, 0.4) is 0 Å². The first-order chi connectivity index (χ1) is 8.97. The summed E-state index contributed by atoms with van der Waals surface area (Å²) in [5, 5.41) is 12.9. The molecule has 0 aliphatic heterocycles. The molecule has 0 fully saturated rings. The number of halogens is 2. The van der Waals surface area contributed by atoms with E-state index in [4.69, 9.17) is 32.7 Å². The molecule has 1 heterocycles. The highest BCUT2D eigenvalue weighted by Crippen LogP contribution is 2.29. The van der Waals surface area contributed by atoms with Crippen molar-refractivity contribution < 1.29 is 14.3 Å². The molecule has 2 aromatic rings. The number of hydrogen-bond acceptors (Lipinski definition) is 3. The molecule has 0 spiro atoms. The summed E-state index contributed by atoms with van der Waals surface area (Å²) >= 11 is 12.1. The molecule has 2 rings (SSSR count). The fraction of sp³-hybridized carbons (Fsp3) is 0.154. The minimum atomic E-state index is -1.09. The van der Waals surface area contributed by atoms with Gasteiger partial charge in [-0.05, 0) is 36.8 Å². The van der Waals surface area contributed by atoms with Crippen LogP contribution in [0.4, 0.5) is 5.69 Å². The molecule has 6 heteroatoms. The van der Waals surface area contributed by atoms with Crippen molar-refractivity contribution in [3.8, 4) is 0 Å². The highest BCUT2D eigenvalue weighted by molar-refractivity contribution is 6.35. The molecule has 1 aromatic heterocycles. The zero-order valence-electron chi connectivity index (χ0n) is 10.0. The van der Waals surface area contributed by atoms with E-state index in [-0.39, 0.29) is 5.76 Å². The Morgan fingerprint density at radius 2 is 2.05 bits per heavy atom. The highest BCUT2D eigenvalue weighted by atomic mass is 35.5. The lowest BCUT2D eigenvalue weighted by molar-refractivity contribution is 0.0660. The Kier molecular flexibility index (Phi) is 4.02. The van der Waals surface area contributed by atoms with Gasteiger partial charge in [0, 0.05) is 5.02 Å². The number of nitrogens with one attached hydrogen (secondary N) is 1. The number of aromatic carboxylic acids is 1. The Labute approximate surface area is 119 Å². The molecular weight excluding hydrogens is 289 g/mol. The van der Waals surface area contributed by atoms with Gasteiger partial charge in [-0.25, -0.2) is 4.79 Å². The van der Waals surface area contributed by atoms with Crippen molar-refractivity contribution in [2.45, 2.75) is 13.5 Å². The van der Waals surface area contributed by atoms with Crippen LogP contribution in [0.15, 0.2) is 28.7 Å². The maximum absolute atomic E-state index is 10.7. The van der Waals surface area contributed by atoms with Gasteiger partial charge in [-0.1, -0.05) is 23.2 Å². The summed E-state index contributed by atoms with van der Waals surface area (Å²) in [5.74, 6) is -0.683. The lowest BCUT2D eigenvalue weighted by atomic mass is 10.2. The third kappa shape index (κ3) is 3.22. The third-order valence-electron chi connectivity index (χ3n) is 2.57. The first kappa shape index (κ1) is 13.8. The molecule has 0 aliphatic carbocycles. The largest absolute Gasteiger partial charge is 0.475 e. The summed E-state index contributed by atoms with van der Waals surface area (Å²) in [5.41, 5.74) is 1.56. The maximum atomic E-state index is 10.7. The highest BCUT2D eigenvalue weighted by Gasteiger charge is 2.09.